The second-order valence-corrected chi connectivity index (χ2v) is 16.1. The number of aromatic nitrogens is 1. The summed E-state index contributed by atoms with van der Waals surface area (Å²) in [5.41, 5.74) is 17.7. The van der Waals surface area contributed by atoms with Crippen molar-refractivity contribution in [2.45, 2.75) is 0 Å². The summed E-state index contributed by atoms with van der Waals surface area (Å²) < 4.78 is 9.10. The minimum Gasteiger partial charge on any atom is -0.455 e. The third-order valence-corrected chi connectivity index (χ3v) is 12.4. The highest BCUT2D eigenvalue weighted by atomic mass is 16.3. The average Bonchev–Trinajstić information content (AvgIpc) is 3.91. The third-order valence-electron chi connectivity index (χ3n) is 12.4. The van der Waals surface area contributed by atoms with E-state index < -0.39 is 0 Å². The molecule has 2 aromatic heterocycles. The Morgan fingerprint density at radius 1 is 0.302 bits per heavy atom. The maximum absolute atomic E-state index is 6.72. The maximum atomic E-state index is 6.72. The molecule has 0 spiro atoms. The van der Waals surface area contributed by atoms with Gasteiger partial charge in [-0.3, -0.25) is 0 Å². The van der Waals surface area contributed by atoms with Crippen LogP contribution in [-0.4, -0.2) is 4.57 Å². The first-order valence-corrected chi connectivity index (χ1v) is 21.5. The van der Waals surface area contributed by atoms with Crippen molar-refractivity contribution < 1.29 is 4.42 Å². The van der Waals surface area contributed by atoms with Gasteiger partial charge in [-0.15, -0.1) is 0 Å². The van der Waals surface area contributed by atoms with Crippen LogP contribution in [0.4, 0.5) is 17.1 Å². The van der Waals surface area contributed by atoms with Crippen molar-refractivity contribution in [3.8, 4) is 50.2 Å². The molecule has 296 valence electrons. The zero-order chi connectivity index (χ0) is 41.7. The summed E-state index contributed by atoms with van der Waals surface area (Å²) in [7, 11) is 0. The summed E-state index contributed by atoms with van der Waals surface area (Å²) in [5, 5.41) is 4.67. The van der Waals surface area contributed by atoms with E-state index in [4.69, 9.17) is 4.42 Å². The first-order valence-electron chi connectivity index (χ1n) is 21.5. The van der Waals surface area contributed by atoms with E-state index in [2.05, 4.69) is 246 Å². The molecule has 2 heterocycles. The lowest BCUT2D eigenvalue weighted by molar-refractivity contribution is 0.670. The number of nitrogens with zero attached hydrogens (tertiary/aromatic N) is 2. The lowest BCUT2D eigenvalue weighted by atomic mass is 9.95. The lowest BCUT2D eigenvalue weighted by Gasteiger charge is -2.26. The Labute approximate surface area is 366 Å². The van der Waals surface area contributed by atoms with Crippen molar-refractivity contribution in [1.82, 2.24) is 4.57 Å². The fraction of sp³-hybridized carbons (Fsp3) is 0. The minimum absolute atomic E-state index is 0.882. The van der Waals surface area contributed by atoms with Crippen LogP contribution in [0.3, 0.4) is 0 Å². The number of para-hydroxylation sites is 3. The minimum atomic E-state index is 0.882. The van der Waals surface area contributed by atoms with Crippen LogP contribution in [0.5, 0.6) is 0 Å². The van der Waals surface area contributed by atoms with Crippen molar-refractivity contribution >= 4 is 60.8 Å². The van der Waals surface area contributed by atoms with Crippen molar-refractivity contribution in [1.29, 1.82) is 0 Å². The van der Waals surface area contributed by atoms with E-state index in [0.717, 1.165) is 72.5 Å². The van der Waals surface area contributed by atoms with Gasteiger partial charge >= 0.3 is 0 Å². The molecule has 3 nitrogen and oxygen atoms in total. The largest absolute Gasteiger partial charge is 0.455 e. The van der Waals surface area contributed by atoms with Gasteiger partial charge in [0.2, 0.25) is 0 Å². The zero-order valence-corrected chi connectivity index (χ0v) is 34.4. The van der Waals surface area contributed by atoms with E-state index in [9.17, 15) is 0 Å². The van der Waals surface area contributed by atoms with E-state index in [1.807, 2.05) is 6.07 Å². The molecular weight excluding hydrogens is 765 g/mol. The fourth-order valence-corrected chi connectivity index (χ4v) is 9.32. The summed E-state index contributed by atoms with van der Waals surface area (Å²) in [6.45, 7) is 0. The van der Waals surface area contributed by atoms with Crippen LogP contribution in [0.15, 0.2) is 247 Å². The summed E-state index contributed by atoms with van der Waals surface area (Å²) in [4.78, 5) is 2.34. The number of furan rings is 1. The zero-order valence-electron chi connectivity index (χ0n) is 34.4. The fourth-order valence-electron chi connectivity index (χ4n) is 9.32. The number of hydrogen-bond donors (Lipinski definition) is 0. The van der Waals surface area contributed by atoms with Crippen LogP contribution in [-0.2, 0) is 0 Å². The predicted molar refractivity (Wildman–Crippen MR) is 264 cm³/mol. The van der Waals surface area contributed by atoms with Gasteiger partial charge in [0, 0.05) is 49.9 Å². The second-order valence-electron chi connectivity index (χ2n) is 16.1. The number of anilines is 3. The quantitative estimate of drug-likeness (QED) is 0.153. The molecule has 0 aliphatic carbocycles. The Morgan fingerprint density at radius 2 is 0.762 bits per heavy atom. The second kappa shape index (κ2) is 15.3. The predicted octanol–water partition coefficient (Wildman–Crippen LogP) is 16.8. The topological polar surface area (TPSA) is 21.3 Å². The highest BCUT2D eigenvalue weighted by Crippen LogP contribution is 2.43. The van der Waals surface area contributed by atoms with Crippen LogP contribution in [0.2, 0.25) is 0 Å². The van der Waals surface area contributed by atoms with Crippen LogP contribution in [0.25, 0.3) is 93.9 Å². The van der Waals surface area contributed by atoms with Gasteiger partial charge in [-0.25, -0.2) is 0 Å². The van der Waals surface area contributed by atoms with E-state index in [-0.39, 0.29) is 0 Å². The first kappa shape index (κ1) is 36.5. The summed E-state index contributed by atoms with van der Waals surface area (Å²) >= 11 is 0. The molecule has 0 N–H and O–H groups in total. The van der Waals surface area contributed by atoms with Crippen LogP contribution >= 0.6 is 0 Å². The number of benzene rings is 10. The van der Waals surface area contributed by atoms with Gasteiger partial charge in [0.25, 0.3) is 0 Å². The molecule has 0 amide bonds. The van der Waals surface area contributed by atoms with Gasteiger partial charge in [-0.05, 0) is 118 Å². The Hall–Kier alpha value is -8.40. The van der Waals surface area contributed by atoms with Crippen molar-refractivity contribution in [2.75, 3.05) is 4.90 Å². The normalized spacial score (nSPS) is 11.5. The number of hydrogen-bond acceptors (Lipinski definition) is 2. The van der Waals surface area contributed by atoms with Crippen LogP contribution in [0.1, 0.15) is 0 Å². The molecular formula is C60H40N2O. The molecule has 0 radical (unpaired) electrons. The summed E-state index contributed by atoms with van der Waals surface area (Å²) in [6.07, 6.45) is 0. The molecule has 0 unspecified atom stereocenters. The molecule has 12 aromatic rings. The molecule has 0 atom stereocenters. The summed E-state index contributed by atoms with van der Waals surface area (Å²) in [6, 6.07) is 87.0. The van der Waals surface area contributed by atoms with Gasteiger partial charge in [0.15, 0.2) is 0 Å². The molecule has 0 fully saturated rings. The smallest absolute Gasteiger partial charge is 0.143 e. The molecule has 63 heavy (non-hydrogen) atoms. The Morgan fingerprint density at radius 3 is 1.37 bits per heavy atom. The van der Waals surface area contributed by atoms with E-state index in [0.29, 0.717) is 0 Å². The Balaban J connectivity index is 0.983. The van der Waals surface area contributed by atoms with Crippen molar-refractivity contribution in [3.05, 3.63) is 243 Å². The van der Waals surface area contributed by atoms with E-state index >= 15 is 0 Å². The van der Waals surface area contributed by atoms with Gasteiger partial charge in [-0.2, -0.15) is 0 Å². The average molecular weight is 805 g/mol. The Bertz CT molecular complexity index is 3490. The van der Waals surface area contributed by atoms with E-state index in [1.165, 1.54) is 38.5 Å². The highest BCUT2D eigenvalue weighted by Gasteiger charge is 2.19. The molecule has 0 bridgehead atoms. The SMILES string of the molecule is c1ccc(-c2ccc(N(c3ccc(-c4ccccc4)cc3)c3ccc(-c4cc(-c5ccc6c7ccccc7n(-c7ccccc7)c6c5)c5oc6ccccc6c5c4)cc3)cc2)cc1. The van der Waals surface area contributed by atoms with Crippen molar-refractivity contribution in [3.63, 3.8) is 0 Å². The van der Waals surface area contributed by atoms with Gasteiger partial charge in [0.1, 0.15) is 11.2 Å². The number of rotatable bonds is 8. The molecule has 12 rings (SSSR count). The van der Waals surface area contributed by atoms with Crippen molar-refractivity contribution in [2.24, 2.45) is 0 Å². The number of fused-ring (bicyclic) bond motifs is 6. The lowest BCUT2D eigenvalue weighted by Crippen LogP contribution is -2.09. The van der Waals surface area contributed by atoms with Crippen LogP contribution < -0.4 is 4.90 Å². The van der Waals surface area contributed by atoms with Gasteiger partial charge in [0.05, 0.1) is 11.0 Å². The van der Waals surface area contributed by atoms with Gasteiger partial charge in [-0.1, -0.05) is 164 Å². The summed E-state index contributed by atoms with van der Waals surface area (Å²) in [5.74, 6) is 0. The molecule has 0 saturated heterocycles. The highest BCUT2D eigenvalue weighted by molar-refractivity contribution is 6.14. The van der Waals surface area contributed by atoms with E-state index in [1.54, 1.807) is 0 Å². The third kappa shape index (κ3) is 6.46. The monoisotopic (exact) mass is 804 g/mol. The molecule has 0 aliphatic heterocycles. The molecule has 0 aliphatic rings. The standard InChI is InChI=1S/C60H40N2O/c1-4-14-41(15-5-1)43-24-31-49(32-25-43)61(50-33-26-44(27-34-50)42-16-6-2-7-17-42)51-35-28-45(29-36-51)47-38-55(60-56(39-47)54-21-11-13-23-59(54)63-60)46-30-37-53-52-20-10-12-22-57(52)62(58(53)40-46)48-18-8-3-9-19-48/h1-40H. The first-order chi connectivity index (χ1) is 31.2. The molecule has 3 heteroatoms. The molecule has 0 saturated carbocycles. The van der Waals surface area contributed by atoms with Gasteiger partial charge < -0.3 is 13.9 Å². The van der Waals surface area contributed by atoms with Crippen LogP contribution in [0, 0.1) is 0 Å². The maximum Gasteiger partial charge on any atom is 0.143 e. The molecule has 10 aromatic carbocycles. The Kier molecular flexibility index (Phi) is 8.83.